The number of benzene rings is 6. The molecule has 682 valence electrons. The van der Waals surface area contributed by atoms with Crippen molar-refractivity contribution in [3.63, 3.8) is 0 Å². The van der Waals surface area contributed by atoms with Gasteiger partial charge in [0.1, 0.15) is 84.5 Å². The normalized spacial score (nSPS) is 22.2. The third-order valence-electron chi connectivity index (χ3n) is 22.3. The number of rotatable bonds is 22. The molecule has 2 bridgehead atoms. The van der Waals surface area contributed by atoms with Crippen molar-refractivity contribution in [2.24, 2.45) is 17.4 Å². The lowest BCUT2D eigenvalue weighted by molar-refractivity contribution is -0.151. The summed E-state index contributed by atoms with van der Waals surface area (Å²) in [4.78, 5) is 243. The van der Waals surface area contributed by atoms with Crippen LogP contribution in [0.2, 0.25) is 0 Å². The number of unbranched alkanes of at least 4 members (excludes halogenated alkanes) is 1. The highest BCUT2D eigenvalue weighted by molar-refractivity contribution is 8.00. The zero-order valence-corrected chi connectivity index (χ0v) is 73.2. The molecule has 3 heterocycles. The Balaban J connectivity index is 1.11. The van der Waals surface area contributed by atoms with Gasteiger partial charge in [0.25, 0.3) is 0 Å². The molecule has 9 rings (SSSR count). The highest BCUT2D eigenvalue weighted by Gasteiger charge is 2.44. The van der Waals surface area contributed by atoms with E-state index in [1.54, 1.807) is 135 Å². The number of aromatic amines is 1. The largest absolute Gasteiger partial charge is 0.508 e. The fourth-order valence-corrected chi connectivity index (χ4v) is 16.1. The first kappa shape index (κ1) is 98.1. The number of H-pyrrole nitrogens is 1. The van der Waals surface area contributed by atoms with Crippen molar-refractivity contribution in [2.45, 2.75) is 164 Å². The summed E-state index contributed by atoms with van der Waals surface area (Å²) in [7, 11) is 5.27. The average Bonchev–Trinajstić information content (AvgIpc) is 0.836. The Morgan fingerprint density at radius 2 is 1.04 bits per heavy atom. The van der Waals surface area contributed by atoms with E-state index in [2.05, 4.69) is 52.8 Å². The molecule has 1 unspecified atom stereocenters. The number of nitrogens with two attached hydrogens (primary N) is 2. The van der Waals surface area contributed by atoms with Crippen molar-refractivity contribution in [3.05, 3.63) is 197 Å². The predicted octanol–water partition coefficient (Wildman–Crippen LogP) is 0.908. The van der Waals surface area contributed by atoms with Crippen LogP contribution in [0.5, 0.6) is 11.5 Å². The average molecular weight is 1780 g/mol. The summed E-state index contributed by atoms with van der Waals surface area (Å²) in [6.07, 6.45) is 0.0560. The van der Waals surface area contributed by atoms with Crippen LogP contribution >= 0.6 is 11.8 Å². The van der Waals surface area contributed by atoms with Gasteiger partial charge in [-0.2, -0.15) is 0 Å². The molecular formula is C91H113N17O19S. The number of phenols is 2. The number of thioether (sulfide) groups is 1. The SMILES string of the molecule is CCCC[C@H]1C(=O)N(C)CC(=O)N[C@@H](CC(=O)O)C(=O)N[C@@H](C(C)C)C(=O)N(C)[C@@H](Cc2ccccc2)C(=O)N[C@H]2Cc3ccc(O)cc3N(CC(=O)N[C@@H](Cc3c[nH]c4ccccc34)C(=O)NC(Cc3ccc(O)cc3)C(=O)N[C@@H](CCCN)C(=O)N[C@H](C(=O)NCC(N)=O)CSCC(=O)N[C@@H](Cc3ccccc3)C(=O)N(C)[C@@H](Cc3ccccc3)C(=O)N1C)C2=O. The molecule has 0 aliphatic carbocycles. The number of aliphatic carboxylic acids is 1. The second kappa shape index (κ2) is 47.0. The molecule has 2 aliphatic rings. The number of aromatic nitrogens is 1. The number of nitrogens with zero attached hydrogens (tertiary/aromatic N) is 5. The van der Waals surface area contributed by atoms with E-state index in [4.69, 9.17) is 11.5 Å². The summed E-state index contributed by atoms with van der Waals surface area (Å²) in [6, 6.07) is 25.3. The summed E-state index contributed by atoms with van der Waals surface area (Å²) in [5.41, 5.74) is 15.0. The number of carbonyl (C=O) groups is 16. The van der Waals surface area contributed by atoms with Crippen LogP contribution in [0.25, 0.3) is 10.9 Å². The Labute approximate surface area is 744 Å². The number of para-hydroxylation sites is 1. The minimum absolute atomic E-state index is 0.0235. The molecule has 6 aromatic carbocycles. The molecule has 0 saturated carbocycles. The molecular weight excluding hydrogens is 1670 g/mol. The van der Waals surface area contributed by atoms with E-state index in [1.807, 2.05) is 6.92 Å². The highest BCUT2D eigenvalue weighted by atomic mass is 32.2. The van der Waals surface area contributed by atoms with Gasteiger partial charge in [-0.15, -0.1) is 11.8 Å². The molecule has 1 saturated heterocycles. The standard InChI is InChI=1S/C91H113N17O19S/c1-8-9-31-71-89(125)104(4)49-76(112)97-67(46-79(115)116)85(121)103-80(53(2)3)91(127)106(6)73(41-55-24-15-11-16-25-55)86(122)101-69-43-58-34-37-61(110)45-72(58)108(88(69)124)50-77(113)96-66(44-59-47-94-63-29-20-19-28-62(59)63)84(120)100-65(39-57-32-35-60(109)36-33-57)83(119)99-64(30-21-38-92)82(118)102-70(81(117)95-48-75(93)111)51-128-52-78(114)98-68(40-54-22-13-10-14-23-54)87(123)107(7)74(90(126)105(71)5)42-56-26-17-12-18-27-56/h10-20,22-29,32-37,45,47,53,64-71,73-74,80,94,109-110H,8-9,21,30-31,38-44,46,48-52,92H2,1-7H3,(H2,93,111)(H,95,117)(H,96,113)(H,97,112)(H,98,114)(H,99,119)(H,100,120)(H,101,122)(H,102,118)(H,103,121)(H,115,116)/t64-,65?,66-,67-,68-,69-,70-,71-,73-,74-,80-/m0/s1. The molecule has 15 amide bonds. The Morgan fingerprint density at radius 3 is 1.66 bits per heavy atom. The zero-order chi connectivity index (χ0) is 93.0. The number of primary amides is 1. The lowest BCUT2D eigenvalue weighted by Gasteiger charge is -2.37. The number of likely N-dealkylation sites (N-methyl/N-ethyl adjacent to an activating group) is 4. The minimum Gasteiger partial charge on any atom is -0.508 e. The molecule has 1 aromatic heterocycles. The van der Waals surface area contributed by atoms with E-state index < -0.39 is 205 Å². The smallest absolute Gasteiger partial charge is 0.305 e. The van der Waals surface area contributed by atoms with Gasteiger partial charge in [-0.3, -0.25) is 76.7 Å². The number of fused-ring (bicyclic) bond motifs is 5. The van der Waals surface area contributed by atoms with Gasteiger partial charge in [-0.05, 0) is 89.4 Å². The Bertz CT molecular complexity index is 5120. The Hall–Kier alpha value is -13.7. The van der Waals surface area contributed by atoms with Gasteiger partial charge >= 0.3 is 5.97 Å². The summed E-state index contributed by atoms with van der Waals surface area (Å²) < 4.78 is 0. The first-order valence-corrected chi connectivity index (χ1v) is 43.4. The van der Waals surface area contributed by atoms with Crippen molar-refractivity contribution < 1.29 is 92.0 Å². The first-order valence-electron chi connectivity index (χ1n) is 42.2. The van der Waals surface area contributed by atoms with Gasteiger partial charge in [-0.1, -0.05) is 161 Å². The van der Waals surface area contributed by atoms with Gasteiger partial charge in [0.2, 0.25) is 88.6 Å². The molecule has 7 aromatic rings. The number of carboxylic acids is 1. The first-order chi connectivity index (χ1) is 61.1. The van der Waals surface area contributed by atoms with Gasteiger partial charge in [0.15, 0.2) is 0 Å². The van der Waals surface area contributed by atoms with Crippen LogP contribution in [0.4, 0.5) is 5.69 Å². The molecule has 1 fully saturated rings. The Morgan fingerprint density at radius 1 is 0.508 bits per heavy atom. The number of hydrogen-bond acceptors (Lipinski definition) is 20. The molecule has 17 N–H and O–H groups in total. The van der Waals surface area contributed by atoms with Crippen LogP contribution in [0.1, 0.15) is 92.7 Å². The number of anilines is 1. The fourth-order valence-electron chi connectivity index (χ4n) is 15.2. The summed E-state index contributed by atoms with van der Waals surface area (Å²) in [5, 5.41) is 56.0. The van der Waals surface area contributed by atoms with Gasteiger partial charge in [0, 0.05) is 95.6 Å². The van der Waals surface area contributed by atoms with Crippen LogP contribution in [-0.2, 0) is 115 Å². The summed E-state index contributed by atoms with van der Waals surface area (Å²) >= 11 is 0.811. The minimum atomic E-state index is -1.90. The number of aromatic hydroxyl groups is 2. The predicted molar refractivity (Wildman–Crippen MR) is 476 cm³/mol. The van der Waals surface area contributed by atoms with E-state index in [-0.39, 0.29) is 81.5 Å². The van der Waals surface area contributed by atoms with Gasteiger partial charge < -0.3 is 104 Å². The van der Waals surface area contributed by atoms with Crippen molar-refractivity contribution in [1.29, 1.82) is 0 Å². The second-order valence-electron chi connectivity index (χ2n) is 32.2. The summed E-state index contributed by atoms with van der Waals surface area (Å²) in [6.45, 7) is 2.55. The second-order valence-corrected chi connectivity index (χ2v) is 33.3. The number of nitrogens with one attached hydrogen (secondary N) is 10. The van der Waals surface area contributed by atoms with Crippen molar-refractivity contribution in [1.82, 2.24) is 72.4 Å². The van der Waals surface area contributed by atoms with E-state index in [1.165, 1.54) is 75.6 Å². The molecule has 0 radical (unpaired) electrons. The maximum absolute atomic E-state index is 15.5. The van der Waals surface area contributed by atoms with Crippen LogP contribution < -0.4 is 64.2 Å². The third kappa shape index (κ3) is 27.6. The molecule has 11 atom stereocenters. The number of hydrogen-bond donors (Lipinski definition) is 15. The summed E-state index contributed by atoms with van der Waals surface area (Å²) in [5.74, 6) is -17.5. The molecule has 36 nitrogen and oxygen atoms in total. The lowest BCUT2D eigenvalue weighted by atomic mass is 9.95. The molecule has 128 heavy (non-hydrogen) atoms. The number of carboxylic acid groups (broad SMARTS) is 1. The van der Waals surface area contributed by atoms with Gasteiger partial charge in [-0.25, -0.2) is 0 Å². The third-order valence-corrected chi connectivity index (χ3v) is 23.3. The highest BCUT2D eigenvalue weighted by Crippen LogP contribution is 2.33. The van der Waals surface area contributed by atoms with Crippen molar-refractivity contribution in [3.8, 4) is 11.5 Å². The van der Waals surface area contributed by atoms with Crippen LogP contribution in [0.15, 0.2) is 164 Å². The maximum atomic E-state index is 15.5. The lowest BCUT2D eigenvalue weighted by Crippen LogP contribution is -2.62. The van der Waals surface area contributed by atoms with E-state index in [0.717, 1.165) is 31.4 Å². The Kier molecular flexibility index (Phi) is 36.0. The zero-order valence-electron chi connectivity index (χ0n) is 72.4. The van der Waals surface area contributed by atoms with Crippen molar-refractivity contribution in [2.75, 3.05) is 70.8 Å². The molecule has 2 aliphatic heterocycles. The monoisotopic (exact) mass is 1780 g/mol. The topological polar surface area (TPSA) is 526 Å². The quantitative estimate of drug-likeness (QED) is 0.0448. The van der Waals surface area contributed by atoms with E-state index >= 15 is 38.4 Å². The number of phenolic OH excluding ortho intramolecular Hbond substituents is 2. The van der Waals surface area contributed by atoms with Crippen LogP contribution in [-0.4, -0.2) is 267 Å². The van der Waals surface area contributed by atoms with Crippen LogP contribution in [0, 0.1) is 5.92 Å². The fraction of sp³-hybridized carbons (Fsp3) is 0.407. The molecule has 37 heteroatoms. The number of carbonyl (C=O) groups excluding carboxylic acids is 15. The number of amides is 15. The molecule has 0 spiro atoms. The van der Waals surface area contributed by atoms with E-state index in [9.17, 15) is 53.7 Å². The van der Waals surface area contributed by atoms with Crippen LogP contribution in [0.3, 0.4) is 0 Å². The van der Waals surface area contributed by atoms with Gasteiger partial charge in [0.05, 0.1) is 31.0 Å². The van der Waals surface area contributed by atoms with E-state index in [0.29, 0.717) is 57.1 Å². The maximum Gasteiger partial charge on any atom is 0.305 e. The van der Waals surface area contributed by atoms with Crippen molar-refractivity contribution >= 4 is 123 Å².